The molecule has 5 nitrogen and oxygen atoms in total. The zero-order valence-corrected chi connectivity index (χ0v) is 27.4. The van der Waals surface area contributed by atoms with E-state index in [0.717, 1.165) is 72.6 Å². The molecule has 5 aromatic carbocycles. The van der Waals surface area contributed by atoms with Crippen molar-refractivity contribution < 1.29 is 4.74 Å². The van der Waals surface area contributed by atoms with Crippen molar-refractivity contribution in [3.8, 4) is 28.6 Å². The molecule has 0 aliphatic carbocycles. The average molecular weight is 623 g/mol. The van der Waals surface area contributed by atoms with Crippen molar-refractivity contribution in [1.82, 2.24) is 18.9 Å². The molecule has 9 aromatic rings. The third-order valence-corrected chi connectivity index (χ3v) is 9.49. The second-order valence-corrected chi connectivity index (χ2v) is 13.6. The Morgan fingerprint density at radius 2 is 1.23 bits per heavy atom. The van der Waals surface area contributed by atoms with E-state index in [-0.39, 0.29) is 5.41 Å². The number of hydrogen-bond donors (Lipinski definition) is 0. The van der Waals surface area contributed by atoms with Crippen molar-refractivity contribution in [3.05, 3.63) is 145 Å². The average Bonchev–Trinajstić information content (AvgIpc) is 3.63. The summed E-state index contributed by atoms with van der Waals surface area (Å²) in [7, 11) is 0. The number of aryl methyl sites for hydroxylation is 1. The Balaban J connectivity index is 1.22. The van der Waals surface area contributed by atoms with E-state index in [9.17, 15) is 0 Å². The molecular weight excluding hydrogens is 589 g/mol. The fraction of sp³-hybridized carbons (Fsp3) is 0.116. The first-order valence-corrected chi connectivity index (χ1v) is 16.4. The second-order valence-electron chi connectivity index (χ2n) is 13.6. The van der Waals surface area contributed by atoms with Crippen molar-refractivity contribution in [1.29, 1.82) is 0 Å². The van der Waals surface area contributed by atoms with Crippen LogP contribution in [0.25, 0.3) is 66.2 Å². The van der Waals surface area contributed by atoms with E-state index in [4.69, 9.17) is 14.7 Å². The van der Waals surface area contributed by atoms with Gasteiger partial charge in [-0.25, -0.2) is 9.97 Å². The largest absolute Gasteiger partial charge is 0.457 e. The van der Waals surface area contributed by atoms with Gasteiger partial charge in [0.1, 0.15) is 23.0 Å². The Labute approximate surface area is 278 Å². The fourth-order valence-electron chi connectivity index (χ4n) is 7.19. The summed E-state index contributed by atoms with van der Waals surface area (Å²) in [6.45, 7) is 8.79. The quantitative estimate of drug-likeness (QED) is 0.183. The highest BCUT2D eigenvalue weighted by Crippen LogP contribution is 2.39. The minimum Gasteiger partial charge on any atom is -0.457 e. The standard InChI is InChI=1S/C43H34N4O/c1-27-41(28-12-6-5-7-13-28)47-38-17-11-8-14-33(38)32-20-18-30(25-36(32)42(47)45-27)48-31-19-21-35-34-15-9-10-16-37(34)46(39(35)26-31)40-24-29(22-23-44-40)43(2,3)4/h5-26H,1-4H3. The normalized spacial score (nSPS) is 12.2. The summed E-state index contributed by atoms with van der Waals surface area (Å²) < 4.78 is 11.2. The van der Waals surface area contributed by atoms with E-state index in [0.29, 0.717) is 0 Å². The SMILES string of the molecule is Cc1nc2c3cc(Oc4ccc5c6ccccc6n(-c6cc(C(C)(C)C)ccn6)c5c4)ccc3c3ccccc3n2c1-c1ccccc1. The lowest BCUT2D eigenvalue weighted by molar-refractivity contribution is 0.484. The molecule has 0 saturated carbocycles. The summed E-state index contributed by atoms with van der Waals surface area (Å²) >= 11 is 0. The van der Waals surface area contributed by atoms with Crippen molar-refractivity contribution in [2.45, 2.75) is 33.1 Å². The van der Waals surface area contributed by atoms with Gasteiger partial charge < -0.3 is 4.74 Å². The van der Waals surface area contributed by atoms with Crippen molar-refractivity contribution in [2.24, 2.45) is 0 Å². The molecule has 232 valence electrons. The van der Waals surface area contributed by atoms with Gasteiger partial charge in [-0.2, -0.15) is 0 Å². The number of hydrogen-bond acceptors (Lipinski definition) is 3. The number of benzene rings is 5. The highest BCUT2D eigenvalue weighted by Gasteiger charge is 2.20. The molecule has 5 heteroatoms. The number of rotatable bonds is 4. The van der Waals surface area contributed by atoms with Crippen molar-refractivity contribution >= 4 is 49.1 Å². The van der Waals surface area contributed by atoms with Crippen LogP contribution in [0, 0.1) is 6.92 Å². The van der Waals surface area contributed by atoms with Crippen molar-refractivity contribution in [3.63, 3.8) is 0 Å². The number of fused-ring (bicyclic) bond motifs is 9. The van der Waals surface area contributed by atoms with Crippen LogP contribution in [-0.4, -0.2) is 18.9 Å². The van der Waals surface area contributed by atoms with Crippen LogP contribution >= 0.6 is 0 Å². The van der Waals surface area contributed by atoms with Gasteiger partial charge in [0.05, 0.1) is 27.9 Å². The molecule has 0 saturated heterocycles. The smallest absolute Gasteiger partial charge is 0.146 e. The van der Waals surface area contributed by atoms with E-state index < -0.39 is 0 Å². The maximum Gasteiger partial charge on any atom is 0.146 e. The van der Waals surface area contributed by atoms with Gasteiger partial charge in [0, 0.05) is 39.4 Å². The van der Waals surface area contributed by atoms with Crippen molar-refractivity contribution in [2.75, 3.05) is 0 Å². The summed E-state index contributed by atoms with van der Waals surface area (Å²) in [6, 6.07) is 44.6. The zero-order chi connectivity index (χ0) is 32.6. The van der Waals surface area contributed by atoms with Gasteiger partial charge in [0.15, 0.2) is 0 Å². The van der Waals surface area contributed by atoms with E-state index >= 15 is 0 Å². The zero-order valence-electron chi connectivity index (χ0n) is 27.4. The molecule has 4 aromatic heterocycles. The van der Waals surface area contributed by atoms with Gasteiger partial charge in [-0.05, 0) is 77.9 Å². The van der Waals surface area contributed by atoms with E-state index in [1.165, 1.54) is 16.3 Å². The lowest BCUT2D eigenvalue weighted by atomic mass is 9.88. The molecule has 4 heterocycles. The van der Waals surface area contributed by atoms with Crippen LogP contribution in [0.4, 0.5) is 0 Å². The molecule has 0 spiro atoms. The molecule has 0 unspecified atom stereocenters. The minimum absolute atomic E-state index is 0.00674. The van der Waals surface area contributed by atoms with Crippen LogP contribution in [0.5, 0.6) is 11.5 Å². The van der Waals surface area contributed by atoms with Crippen LogP contribution in [0.1, 0.15) is 32.0 Å². The molecule has 0 fully saturated rings. The summed E-state index contributed by atoms with van der Waals surface area (Å²) in [5, 5.41) is 5.72. The van der Waals surface area contributed by atoms with E-state index in [2.05, 4.69) is 164 Å². The summed E-state index contributed by atoms with van der Waals surface area (Å²) in [5.41, 5.74) is 8.72. The monoisotopic (exact) mass is 622 g/mol. The molecule has 0 bridgehead atoms. The third kappa shape index (κ3) is 4.39. The number of para-hydroxylation sites is 2. The number of imidazole rings is 1. The first-order valence-electron chi connectivity index (χ1n) is 16.4. The van der Waals surface area contributed by atoms with Gasteiger partial charge in [-0.15, -0.1) is 0 Å². The van der Waals surface area contributed by atoms with Gasteiger partial charge in [0.25, 0.3) is 0 Å². The number of pyridine rings is 2. The van der Waals surface area contributed by atoms with Gasteiger partial charge in [-0.1, -0.05) is 87.5 Å². The minimum atomic E-state index is 0.00674. The number of nitrogens with zero attached hydrogens (tertiary/aromatic N) is 4. The molecule has 48 heavy (non-hydrogen) atoms. The van der Waals surface area contributed by atoms with Gasteiger partial charge in [-0.3, -0.25) is 8.97 Å². The molecule has 0 amide bonds. The molecule has 0 aliphatic heterocycles. The molecule has 0 atom stereocenters. The Kier molecular flexibility index (Phi) is 6.21. The Bertz CT molecular complexity index is 2690. The number of ether oxygens (including phenoxy) is 1. The molecule has 0 radical (unpaired) electrons. The molecule has 9 rings (SSSR count). The highest BCUT2D eigenvalue weighted by molar-refractivity contribution is 6.13. The van der Waals surface area contributed by atoms with Gasteiger partial charge in [0.2, 0.25) is 0 Å². The van der Waals surface area contributed by atoms with Crippen LogP contribution < -0.4 is 4.74 Å². The van der Waals surface area contributed by atoms with E-state index in [1.54, 1.807) is 0 Å². The van der Waals surface area contributed by atoms with Crippen LogP contribution in [0.3, 0.4) is 0 Å². The Morgan fingerprint density at radius 3 is 2.00 bits per heavy atom. The number of aromatic nitrogens is 4. The molecule has 0 aliphatic rings. The Hall–Kier alpha value is -5.94. The third-order valence-electron chi connectivity index (χ3n) is 9.49. The molecular formula is C43H34N4O. The molecule has 0 N–H and O–H groups in total. The summed E-state index contributed by atoms with van der Waals surface area (Å²) in [4.78, 5) is 9.99. The first kappa shape index (κ1) is 28.3. The maximum absolute atomic E-state index is 6.67. The highest BCUT2D eigenvalue weighted by atomic mass is 16.5. The topological polar surface area (TPSA) is 44.3 Å². The lowest BCUT2D eigenvalue weighted by Crippen LogP contribution is -2.12. The second kappa shape index (κ2) is 10.5. The summed E-state index contributed by atoms with van der Waals surface area (Å²) in [6.07, 6.45) is 1.91. The van der Waals surface area contributed by atoms with Crippen LogP contribution in [0.2, 0.25) is 0 Å². The van der Waals surface area contributed by atoms with Crippen LogP contribution in [-0.2, 0) is 5.41 Å². The first-order chi connectivity index (χ1) is 23.3. The fourth-order valence-corrected chi connectivity index (χ4v) is 7.19. The predicted molar refractivity (Wildman–Crippen MR) is 198 cm³/mol. The maximum atomic E-state index is 6.67. The Morgan fingerprint density at radius 1 is 0.583 bits per heavy atom. The van der Waals surface area contributed by atoms with E-state index in [1.807, 2.05) is 6.20 Å². The van der Waals surface area contributed by atoms with Crippen LogP contribution in [0.15, 0.2) is 134 Å². The summed E-state index contributed by atoms with van der Waals surface area (Å²) in [5.74, 6) is 2.42. The predicted octanol–water partition coefficient (Wildman–Crippen LogP) is 11.2. The lowest BCUT2D eigenvalue weighted by Gasteiger charge is -2.20. The van der Waals surface area contributed by atoms with Gasteiger partial charge >= 0.3 is 0 Å².